The van der Waals surface area contributed by atoms with Crippen molar-refractivity contribution in [3.8, 4) is 17.2 Å². The standard InChI is InChI=1S/C16H19NO5/c1-5-21-16(18)9-22-13-6-10(2)17-12-8-15(20-4)14(19-3)7-11(12)13/h6-8H,5,9H2,1-4H3. The van der Waals surface area contributed by atoms with Gasteiger partial charge in [-0.3, -0.25) is 4.98 Å². The second-order valence-corrected chi connectivity index (χ2v) is 4.58. The summed E-state index contributed by atoms with van der Waals surface area (Å²) in [6.45, 7) is 3.78. The summed E-state index contributed by atoms with van der Waals surface area (Å²) < 4.78 is 21.0. The number of fused-ring (bicyclic) bond motifs is 1. The lowest BCUT2D eigenvalue weighted by atomic mass is 10.1. The van der Waals surface area contributed by atoms with E-state index in [0.29, 0.717) is 29.4 Å². The number of esters is 1. The number of pyridine rings is 1. The molecule has 0 saturated heterocycles. The Morgan fingerprint density at radius 3 is 2.41 bits per heavy atom. The Hall–Kier alpha value is -2.50. The highest BCUT2D eigenvalue weighted by Gasteiger charge is 2.13. The summed E-state index contributed by atoms with van der Waals surface area (Å²) in [6.07, 6.45) is 0. The summed E-state index contributed by atoms with van der Waals surface area (Å²) >= 11 is 0. The largest absolute Gasteiger partial charge is 0.493 e. The molecule has 6 nitrogen and oxygen atoms in total. The first-order chi connectivity index (χ1) is 10.6. The van der Waals surface area contributed by atoms with Gasteiger partial charge in [-0.2, -0.15) is 0 Å². The maximum Gasteiger partial charge on any atom is 0.344 e. The van der Waals surface area contributed by atoms with Gasteiger partial charge < -0.3 is 18.9 Å². The predicted octanol–water partition coefficient (Wildman–Crippen LogP) is 2.50. The van der Waals surface area contributed by atoms with Crippen LogP contribution in [-0.4, -0.2) is 38.4 Å². The molecule has 118 valence electrons. The van der Waals surface area contributed by atoms with Gasteiger partial charge in [0.2, 0.25) is 0 Å². The molecule has 2 aromatic rings. The molecule has 0 amide bonds. The number of rotatable bonds is 6. The van der Waals surface area contributed by atoms with Crippen molar-refractivity contribution < 1.29 is 23.7 Å². The highest BCUT2D eigenvalue weighted by atomic mass is 16.6. The van der Waals surface area contributed by atoms with Gasteiger partial charge in [0.25, 0.3) is 0 Å². The van der Waals surface area contributed by atoms with Gasteiger partial charge in [0, 0.05) is 23.2 Å². The van der Waals surface area contributed by atoms with E-state index in [2.05, 4.69) is 4.98 Å². The minimum atomic E-state index is -0.411. The van der Waals surface area contributed by atoms with Crippen LogP contribution in [0.25, 0.3) is 10.9 Å². The molecule has 0 atom stereocenters. The fourth-order valence-corrected chi connectivity index (χ4v) is 2.11. The Balaban J connectivity index is 2.42. The Morgan fingerprint density at radius 2 is 1.77 bits per heavy atom. The number of benzene rings is 1. The van der Waals surface area contributed by atoms with Crippen LogP contribution < -0.4 is 14.2 Å². The molecular formula is C16H19NO5. The lowest BCUT2D eigenvalue weighted by molar-refractivity contribution is -0.145. The highest BCUT2D eigenvalue weighted by molar-refractivity contribution is 5.88. The van der Waals surface area contributed by atoms with E-state index in [-0.39, 0.29) is 6.61 Å². The van der Waals surface area contributed by atoms with Gasteiger partial charge in [-0.15, -0.1) is 0 Å². The number of ether oxygens (including phenoxy) is 4. The first kappa shape index (κ1) is 15.9. The molecule has 0 spiro atoms. The molecule has 0 bridgehead atoms. The second-order valence-electron chi connectivity index (χ2n) is 4.58. The van der Waals surface area contributed by atoms with Crippen LogP contribution in [0.1, 0.15) is 12.6 Å². The van der Waals surface area contributed by atoms with Gasteiger partial charge in [0.05, 0.1) is 26.3 Å². The first-order valence-electron chi connectivity index (χ1n) is 6.90. The molecule has 0 saturated carbocycles. The van der Waals surface area contributed by atoms with Gasteiger partial charge in [-0.25, -0.2) is 4.79 Å². The number of carbonyl (C=O) groups excluding carboxylic acids is 1. The lowest BCUT2D eigenvalue weighted by Gasteiger charge is -2.13. The number of hydrogen-bond acceptors (Lipinski definition) is 6. The summed E-state index contributed by atoms with van der Waals surface area (Å²) in [4.78, 5) is 15.9. The number of methoxy groups -OCH3 is 2. The van der Waals surface area contributed by atoms with Gasteiger partial charge in [-0.1, -0.05) is 0 Å². The van der Waals surface area contributed by atoms with Gasteiger partial charge >= 0.3 is 5.97 Å². The van der Waals surface area contributed by atoms with Crippen LogP contribution in [-0.2, 0) is 9.53 Å². The zero-order valence-corrected chi connectivity index (χ0v) is 13.1. The molecule has 0 N–H and O–H groups in total. The minimum absolute atomic E-state index is 0.152. The molecule has 0 fully saturated rings. The van der Waals surface area contributed by atoms with Crippen LogP contribution in [0.5, 0.6) is 17.2 Å². The number of carbonyl (C=O) groups is 1. The Morgan fingerprint density at radius 1 is 1.09 bits per heavy atom. The van der Waals surface area contributed by atoms with E-state index < -0.39 is 5.97 Å². The maximum atomic E-state index is 11.5. The van der Waals surface area contributed by atoms with Crippen LogP contribution in [0, 0.1) is 6.92 Å². The van der Waals surface area contributed by atoms with E-state index in [4.69, 9.17) is 18.9 Å². The van der Waals surface area contributed by atoms with Crippen LogP contribution in [0.4, 0.5) is 0 Å². The van der Waals surface area contributed by atoms with Gasteiger partial charge in [0.1, 0.15) is 5.75 Å². The predicted molar refractivity (Wildman–Crippen MR) is 81.7 cm³/mol. The maximum absolute atomic E-state index is 11.5. The van der Waals surface area contributed by atoms with Crippen molar-refractivity contribution in [1.29, 1.82) is 0 Å². The van der Waals surface area contributed by atoms with E-state index in [1.54, 1.807) is 39.3 Å². The van der Waals surface area contributed by atoms with E-state index in [9.17, 15) is 4.79 Å². The van der Waals surface area contributed by atoms with E-state index >= 15 is 0 Å². The molecule has 0 aliphatic carbocycles. The van der Waals surface area contributed by atoms with Crippen molar-refractivity contribution in [2.45, 2.75) is 13.8 Å². The molecule has 1 heterocycles. The summed E-state index contributed by atoms with van der Waals surface area (Å²) in [5.41, 5.74) is 1.48. The van der Waals surface area contributed by atoms with Crippen molar-refractivity contribution in [1.82, 2.24) is 4.98 Å². The number of aromatic nitrogens is 1. The Kier molecular flexibility index (Phi) is 5.04. The number of hydrogen-bond donors (Lipinski definition) is 0. The quantitative estimate of drug-likeness (QED) is 0.764. The molecule has 1 aromatic carbocycles. The number of aryl methyl sites for hydroxylation is 1. The van der Waals surface area contributed by atoms with Crippen molar-refractivity contribution in [3.63, 3.8) is 0 Å². The smallest absolute Gasteiger partial charge is 0.344 e. The van der Waals surface area contributed by atoms with Crippen molar-refractivity contribution in [2.24, 2.45) is 0 Å². The zero-order valence-electron chi connectivity index (χ0n) is 13.1. The average Bonchev–Trinajstić information content (AvgIpc) is 2.51. The molecule has 6 heteroatoms. The molecule has 1 aromatic heterocycles. The van der Waals surface area contributed by atoms with Gasteiger partial charge in [-0.05, 0) is 19.9 Å². The molecule has 0 radical (unpaired) electrons. The topological polar surface area (TPSA) is 66.9 Å². The van der Waals surface area contributed by atoms with E-state index in [0.717, 1.165) is 11.1 Å². The molecule has 0 aliphatic rings. The highest BCUT2D eigenvalue weighted by Crippen LogP contribution is 2.35. The minimum Gasteiger partial charge on any atom is -0.493 e. The van der Waals surface area contributed by atoms with Crippen molar-refractivity contribution >= 4 is 16.9 Å². The summed E-state index contributed by atoms with van der Waals surface area (Å²) in [5, 5.41) is 0.743. The van der Waals surface area contributed by atoms with Crippen LogP contribution in [0.15, 0.2) is 18.2 Å². The van der Waals surface area contributed by atoms with E-state index in [1.807, 2.05) is 6.92 Å². The Labute approximate surface area is 129 Å². The Bertz CT molecular complexity index is 684. The summed E-state index contributed by atoms with van der Waals surface area (Å²) in [7, 11) is 3.13. The molecule has 2 rings (SSSR count). The van der Waals surface area contributed by atoms with E-state index in [1.165, 1.54) is 0 Å². The van der Waals surface area contributed by atoms with Crippen LogP contribution >= 0.6 is 0 Å². The first-order valence-corrected chi connectivity index (χ1v) is 6.90. The normalized spacial score (nSPS) is 10.4. The number of nitrogens with zero attached hydrogens (tertiary/aromatic N) is 1. The fourth-order valence-electron chi connectivity index (χ4n) is 2.11. The van der Waals surface area contributed by atoms with Crippen LogP contribution in [0.2, 0.25) is 0 Å². The SMILES string of the molecule is CCOC(=O)COc1cc(C)nc2cc(OC)c(OC)cc12. The lowest BCUT2D eigenvalue weighted by Crippen LogP contribution is -2.14. The zero-order chi connectivity index (χ0) is 16.1. The molecule has 22 heavy (non-hydrogen) atoms. The molecule has 0 unspecified atom stereocenters. The van der Waals surface area contributed by atoms with Crippen molar-refractivity contribution in [2.75, 3.05) is 27.4 Å². The second kappa shape index (κ2) is 6.98. The average molecular weight is 305 g/mol. The summed E-state index contributed by atoms with van der Waals surface area (Å²) in [5.74, 6) is 1.30. The summed E-state index contributed by atoms with van der Waals surface area (Å²) in [6, 6.07) is 5.33. The molecule has 0 aliphatic heterocycles. The van der Waals surface area contributed by atoms with Crippen LogP contribution in [0.3, 0.4) is 0 Å². The third-order valence-electron chi connectivity index (χ3n) is 3.05. The fraction of sp³-hybridized carbons (Fsp3) is 0.375. The van der Waals surface area contributed by atoms with Crippen molar-refractivity contribution in [3.05, 3.63) is 23.9 Å². The van der Waals surface area contributed by atoms with Gasteiger partial charge in [0.15, 0.2) is 18.1 Å². The third-order valence-corrected chi connectivity index (χ3v) is 3.05. The molecular weight excluding hydrogens is 286 g/mol. The monoisotopic (exact) mass is 305 g/mol. The third kappa shape index (κ3) is 3.39.